The van der Waals surface area contributed by atoms with Crippen LogP contribution >= 0.6 is 11.6 Å². The van der Waals surface area contributed by atoms with E-state index < -0.39 is 0 Å². The van der Waals surface area contributed by atoms with E-state index in [-0.39, 0.29) is 10.8 Å². The number of hydrogen-bond donors (Lipinski definition) is 0. The van der Waals surface area contributed by atoms with Crippen molar-refractivity contribution in [1.29, 1.82) is 0 Å². The minimum Gasteiger partial charge on any atom is -0.454 e. The van der Waals surface area contributed by atoms with Crippen LogP contribution in [0.1, 0.15) is 26.3 Å². The molecule has 92 valence electrons. The van der Waals surface area contributed by atoms with Gasteiger partial charge in [0.25, 0.3) is 0 Å². The quantitative estimate of drug-likeness (QED) is 0.739. The van der Waals surface area contributed by atoms with E-state index in [9.17, 15) is 0 Å². The molecule has 2 rings (SSSR count). The van der Waals surface area contributed by atoms with Crippen LogP contribution in [-0.4, -0.2) is 12.2 Å². The van der Waals surface area contributed by atoms with Crippen LogP contribution in [-0.2, 0) is 0 Å². The molecular formula is C14H17ClO2. The van der Waals surface area contributed by atoms with Gasteiger partial charge in [-0.3, -0.25) is 0 Å². The van der Waals surface area contributed by atoms with Gasteiger partial charge in [-0.05, 0) is 23.1 Å². The number of ether oxygens (including phenoxy) is 2. The first-order chi connectivity index (χ1) is 7.97. The monoisotopic (exact) mass is 252 g/mol. The molecule has 0 saturated heterocycles. The molecule has 0 saturated carbocycles. The third-order valence-electron chi connectivity index (χ3n) is 2.68. The third kappa shape index (κ3) is 2.95. The normalized spacial score (nSPS) is 16.5. The van der Waals surface area contributed by atoms with Gasteiger partial charge in [0, 0.05) is 0 Å². The van der Waals surface area contributed by atoms with Gasteiger partial charge in [-0.25, -0.2) is 0 Å². The highest BCUT2D eigenvalue weighted by Gasteiger charge is 2.19. The lowest BCUT2D eigenvalue weighted by Crippen LogP contribution is -2.17. The summed E-state index contributed by atoms with van der Waals surface area (Å²) in [5.41, 5.74) is 1.14. The maximum Gasteiger partial charge on any atom is 0.231 e. The SMILES string of the molecule is CC(C)(C)C(Cl)/C=C/c1ccc2c(c1)OCO2. The summed E-state index contributed by atoms with van der Waals surface area (Å²) in [7, 11) is 0. The maximum absolute atomic E-state index is 6.28. The summed E-state index contributed by atoms with van der Waals surface area (Å²) in [5.74, 6) is 1.61. The number of alkyl halides is 1. The molecule has 2 nitrogen and oxygen atoms in total. The second-order valence-corrected chi connectivity index (χ2v) is 5.71. The van der Waals surface area contributed by atoms with Gasteiger partial charge in [0.1, 0.15) is 0 Å². The maximum atomic E-state index is 6.28. The van der Waals surface area contributed by atoms with Crippen LogP contribution in [0.25, 0.3) is 6.08 Å². The van der Waals surface area contributed by atoms with Gasteiger partial charge >= 0.3 is 0 Å². The highest BCUT2D eigenvalue weighted by molar-refractivity contribution is 6.22. The fourth-order valence-corrected chi connectivity index (χ4v) is 1.57. The second kappa shape index (κ2) is 4.61. The molecule has 1 unspecified atom stereocenters. The summed E-state index contributed by atoms with van der Waals surface area (Å²) in [6.07, 6.45) is 4.03. The van der Waals surface area contributed by atoms with Crippen molar-refractivity contribution in [3.63, 3.8) is 0 Å². The van der Waals surface area contributed by atoms with Crippen LogP contribution in [0, 0.1) is 5.41 Å². The largest absolute Gasteiger partial charge is 0.454 e. The zero-order chi connectivity index (χ0) is 12.5. The van der Waals surface area contributed by atoms with E-state index in [2.05, 4.69) is 20.8 Å². The van der Waals surface area contributed by atoms with Crippen LogP contribution in [0.5, 0.6) is 11.5 Å². The number of rotatable bonds is 2. The average Bonchev–Trinajstić information content (AvgIpc) is 2.71. The average molecular weight is 253 g/mol. The number of hydrogen-bond acceptors (Lipinski definition) is 2. The van der Waals surface area contributed by atoms with E-state index >= 15 is 0 Å². The third-order valence-corrected chi connectivity index (χ3v) is 3.48. The first-order valence-electron chi connectivity index (χ1n) is 5.69. The van der Waals surface area contributed by atoms with E-state index in [4.69, 9.17) is 21.1 Å². The number of halogens is 1. The lowest BCUT2D eigenvalue weighted by atomic mass is 9.91. The Morgan fingerprint density at radius 2 is 1.94 bits per heavy atom. The Morgan fingerprint density at radius 3 is 2.65 bits per heavy atom. The molecule has 1 heterocycles. The van der Waals surface area contributed by atoms with Crippen molar-refractivity contribution in [1.82, 2.24) is 0 Å². The van der Waals surface area contributed by atoms with Crippen molar-refractivity contribution in [2.75, 3.05) is 6.79 Å². The molecule has 1 atom stereocenters. The van der Waals surface area contributed by atoms with Crippen molar-refractivity contribution in [2.45, 2.75) is 26.1 Å². The molecule has 17 heavy (non-hydrogen) atoms. The summed E-state index contributed by atoms with van der Waals surface area (Å²) >= 11 is 6.28. The highest BCUT2D eigenvalue weighted by Crippen LogP contribution is 2.33. The van der Waals surface area contributed by atoms with E-state index in [0.29, 0.717) is 6.79 Å². The minimum atomic E-state index is 0.00734. The Kier molecular flexibility index (Phi) is 3.34. The molecule has 1 aromatic rings. The number of benzene rings is 1. The topological polar surface area (TPSA) is 18.5 Å². The van der Waals surface area contributed by atoms with Crippen molar-refractivity contribution in [3.05, 3.63) is 29.8 Å². The highest BCUT2D eigenvalue weighted by atomic mass is 35.5. The number of fused-ring (bicyclic) bond motifs is 1. The Hall–Kier alpha value is -1.15. The fraction of sp³-hybridized carbons (Fsp3) is 0.429. The molecule has 0 amide bonds. The Bertz CT molecular complexity index is 432. The zero-order valence-corrected chi connectivity index (χ0v) is 11.1. The molecule has 1 aliphatic heterocycles. The van der Waals surface area contributed by atoms with Crippen LogP contribution in [0.2, 0.25) is 0 Å². The lowest BCUT2D eigenvalue weighted by Gasteiger charge is -2.21. The van der Waals surface area contributed by atoms with E-state index in [1.807, 2.05) is 30.4 Å². The van der Waals surface area contributed by atoms with Gasteiger partial charge in [0.2, 0.25) is 6.79 Å². The molecule has 0 aromatic heterocycles. The Morgan fingerprint density at radius 1 is 1.24 bits per heavy atom. The van der Waals surface area contributed by atoms with E-state index in [0.717, 1.165) is 17.1 Å². The molecular weight excluding hydrogens is 236 g/mol. The summed E-state index contributed by atoms with van der Waals surface area (Å²) in [6, 6.07) is 5.88. The van der Waals surface area contributed by atoms with Crippen LogP contribution in [0.3, 0.4) is 0 Å². The van der Waals surface area contributed by atoms with Crippen molar-refractivity contribution >= 4 is 17.7 Å². The Balaban J connectivity index is 2.12. The van der Waals surface area contributed by atoms with Crippen molar-refractivity contribution in [3.8, 4) is 11.5 Å². The van der Waals surface area contributed by atoms with Crippen molar-refractivity contribution < 1.29 is 9.47 Å². The van der Waals surface area contributed by atoms with Gasteiger partial charge in [-0.2, -0.15) is 0 Å². The summed E-state index contributed by atoms with van der Waals surface area (Å²) in [5, 5.41) is 0.00734. The molecule has 1 aromatic carbocycles. The predicted octanol–water partition coefficient (Wildman–Crippen LogP) is 4.08. The van der Waals surface area contributed by atoms with E-state index in [1.54, 1.807) is 0 Å². The molecule has 0 radical (unpaired) electrons. The molecule has 0 N–H and O–H groups in total. The summed E-state index contributed by atoms with van der Waals surface area (Å²) < 4.78 is 10.6. The van der Waals surface area contributed by atoms with Crippen LogP contribution < -0.4 is 9.47 Å². The predicted molar refractivity (Wildman–Crippen MR) is 70.7 cm³/mol. The van der Waals surface area contributed by atoms with Crippen LogP contribution in [0.15, 0.2) is 24.3 Å². The molecule has 0 bridgehead atoms. The van der Waals surface area contributed by atoms with Crippen LogP contribution in [0.4, 0.5) is 0 Å². The molecule has 0 aliphatic carbocycles. The van der Waals surface area contributed by atoms with Gasteiger partial charge in [-0.15, -0.1) is 11.6 Å². The minimum absolute atomic E-state index is 0.00734. The molecule has 1 aliphatic rings. The fourth-order valence-electron chi connectivity index (χ4n) is 1.50. The molecule has 0 spiro atoms. The van der Waals surface area contributed by atoms with Gasteiger partial charge in [0.15, 0.2) is 11.5 Å². The second-order valence-electron chi connectivity index (χ2n) is 5.24. The van der Waals surface area contributed by atoms with Gasteiger partial charge < -0.3 is 9.47 Å². The molecule has 0 fully saturated rings. The zero-order valence-electron chi connectivity index (χ0n) is 10.4. The standard InChI is InChI=1S/C14H17ClO2/c1-14(2,3)13(15)7-5-10-4-6-11-12(8-10)17-9-16-11/h4-8,13H,9H2,1-3H3/b7-5+. The van der Waals surface area contributed by atoms with Gasteiger partial charge in [0.05, 0.1) is 5.38 Å². The first-order valence-corrected chi connectivity index (χ1v) is 6.12. The van der Waals surface area contributed by atoms with E-state index in [1.165, 1.54) is 0 Å². The number of allylic oxidation sites excluding steroid dienone is 1. The first kappa shape index (κ1) is 12.3. The summed E-state index contributed by atoms with van der Waals surface area (Å²) in [6.45, 7) is 6.67. The summed E-state index contributed by atoms with van der Waals surface area (Å²) in [4.78, 5) is 0. The van der Waals surface area contributed by atoms with Gasteiger partial charge in [-0.1, -0.05) is 39.0 Å². The van der Waals surface area contributed by atoms with Crippen molar-refractivity contribution in [2.24, 2.45) is 5.41 Å². The smallest absolute Gasteiger partial charge is 0.231 e. The Labute approximate surface area is 107 Å². The lowest BCUT2D eigenvalue weighted by molar-refractivity contribution is 0.174. The molecule has 3 heteroatoms.